The van der Waals surface area contributed by atoms with E-state index in [1.165, 1.54) is 11.9 Å². The minimum absolute atomic E-state index is 0.0403. The highest BCUT2D eigenvalue weighted by Gasteiger charge is 2.35. The van der Waals surface area contributed by atoms with Gasteiger partial charge in [0.1, 0.15) is 11.4 Å². The Morgan fingerprint density at radius 2 is 1.95 bits per heavy atom. The van der Waals surface area contributed by atoms with Crippen LogP contribution in [0.15, 0.2) is 24.4 Å². The maximum absolute atomic E-state index is 14.5. The first kappa shape index (κ1) is 30.9. The van der Waals surface area contributed by atoms with Gasteiger partial charge in [-0.3, -0.25) is 0 Å². The van der Waals surface area contributed by atoms with Gasteiger partial charge in [-0.1, -0.05) is 6.07 Å². The zero-order valence-corrected chi connectivity index (χ0v) is 23.0. The number of halogens is 4. The number of hydrogen-bond donors (Lipinski definition) is 3. The number of alkyl halides is 3. The molecule has 40 heavy (non-hydrogen) atoms. The number of anilines is 1. The van der Waals surface area contributed by atoms with Crippen molar-refractivity contribution in [1.29, 1.82) is 0 Å². The minimum atomic E-state index is -4.89. The summed E-state index contributed by atoms with van der Waals surface area (Å²) in [5, 5.41) is 14.9. The number of fused-ring (bicyclic) bond motifs is 1. The van der Waals surface area contributed by atoms with Crippen LogP contribution < -0.4 is 10.6 Å². The average Bonchev–Trinajstić information content (AvgIpc) is 2.85. The fourth-order valence-electron chi connectivity index (χ4n) is 3.95. The topological polar surface area (TPSA) is 120 Å². The molecule has 2 aromatic rings. The number of aliphatic hydroxyl groups excluding tert-OH is 1. The molecule has 220 valence electrons. The number of likely N-dealkylation sites (N-methyl/N-ethyl adjacent to an activating group) is 1. The molecule has 0 unspecified atom stereocenters. The summed E-state index contributed by atoms with van der Waals surface area (Å²) in [4.78, 5) is 37.1. The molecular formula is C26H34F4N6O4. The predicted molar refractivity (Wildman–Crippen MR) is 138 cm³/mol. The van der Waals surface area contributed by atoms with Crippen LogP contribution in [-0.4, -0.2) is 75.4 Å². The summed E-state index contributed by atoms with van der Waals surface area (Å²) in [5.41, 5.74) is -0.770. The molecule has 0 bridgehead atoms. The molecule has 0 saturated carbocycles. The Morgan fingerprint density at radius 1 is 1.25 bits per heavy atom. The molecule has 1 aliphatic rings. The first-order chi connectivity index (χ1) is 18.6. The monoisotopic (exact) mass is 570 g/mol. The first-order valence-corrected chi connectivity index (χ1v) is 12.7. The number of hydrogen-bond acceptors (Lipinski definition) is 7. The molecule has 0 radical (unpaired) electrons. The number of nitrogens with one attached hydrogen (secondary N) is 2. The van der Waals surface area contributed by atoms with Gasteiger partial charge >= 0.3 is 18.3 Å². The second kappa shape index (κ2) is 12.2. The van der Waals surface area contributed by atoms with Gasteiger partial charge in [-0.2, -0.15) is 13.2 Å². The lowest BCUT2D eigenvalue weighted by molar-refractivity contribution is -0.140. The Bertz CT molecular complexity index is 1220. The van der Waals surface area contributed by atoms with E-state index in [1.54, 1.807) is 33.9 Å². The summed E-state index contributed by atoms with van der Waals surface area (Å²) < 4.78 is 59.2. The van der Waals surface area contributed by atoms with Gasteiger partial charge < -0.3 is 30.3 Å². The van der Waals surface area contributed by atoms with E-state index in [9.17, 15) is 32.3 Å². The number of nitrogens with zero attached hydrogens (tertiary/aromatic N) is 4. The molecule has 3 N–H and O–H groups in total. The van der Waals surface area contributed by atoms with E-state index in [0.717, 1.165) is 16.5 Å². The quantitative estimate of drug-likeness (QED) is 0.429. The third-order valence-electron chi connectivity index (χ3n) is 6.04. The van der Waals surface area contributed by atoms with Gasteiger partial charge in [0.25, 0.3) is 0 Å². The Morgan fingerprint density at radius 3 is 2.55 bits per heavy atom. The van der Waals surface area contributed by atoms with Crippen LogP contribution in [-0.2, 0) is 23.9 Å². The number of aromatic nitrogens is 2. The molecule has 0 saturated heterocycles. The standard InChI is InChI=1S/C26H34F4N6O4/c1-15(14-37)32-22-31-11-17-8-9-36(13-21(17)33-22)23(38)34-20(12-35(5)24(39)40-25(2,3)4)16-6-7-18(19(27)10-16)26(28,29)30/h6-7,10-11,15,20,37H,8-9,12-14H2,1-5H3,(H,34,38)(H,31,32,33)/t15-,20+/m0/s1. The third-order valence-corrected chi connectivity index (χ3v) is 6.04. The Hall–Kier alpha value is -3.68. The van der Waals surface area contributed by atoms with E-state index in [-0.39, 0.29) is 31.3 Å². The zero-order chi connectivity index (χ0) is 29.8. The number of urea groups is 1. The van der Waals surface area contributed by atoms with Crippen LogP contribution in [0.3, 0.4) is 0 Å². The van der Waals surface area contributed by atoms with E-state index in [2.05, 4.69) is 20.6 Å². The Labute approximate surface area is 229 Å². The lowest BCUT2D eigenvalue weighted by Crippen LogP contribution is -2.47. The van der Waals surface area contributed by atoms with Crippen molar-refractivity contribution in [3.05, 3.63) is 52.6 Å². The van der Waals surface area contributed by atoms with Gasteiger partial charge in [-0.05, 0) is 57.4 Å². The normalized spacial score (nSPS) is 15.1. The summed E-state index contributed by atoms with van der Waals surface area (Å²) in [5.74, 6) is -1.20. The van der Waals surface area contributed by atoms with Crippen LogP contribution in [0.25, 0.3) is 0 Å². The van der Waals surface area contributed by atoms with Crippen LogP contribution in [0.1, 0.15) is 56.1 Å². The van der Waals surface area contributed by atoms with Gasteiger partial charge in [-0.15, -0.1) is 0 Å². The van der Waals surface area contributed by atoms with E-state index >= 15 is 0 Å². The fourth-order valence-corrected chi connectivity index (χ4v) is 3.95. The molecular weight excluding hydrogens is 536 g/mol. The van der Waals surface area contributed by atoms with Crippen molar-refractivity contribution in [2.24, 2.45) is 0 Å². The molecule has 10 nitrogen and oxygen atoms in total. The van der Waals surface area contributed by atoms with Crippen LogP contribution >= 0.6 is 0 Å². The number of ether oxygens (including phenoxy) is 1. The molecule has 3 amide bonds. The van der Waals surface area contributed by atoms with Crippen LogP contribution in [0.4, 0.5) is 33.1 Å². The van der Waals surface area contributed by atoms with Gasteiger partial charge in [0.2, 0.25) is 5.95 Å². The smallest absolute Gasteiger partial charge is 0.419 e. The number of carbonyl (C=O) groups excluding carboxylic acids is 2. The molecule has 0 spiro atoms. The molecule has 1 aliphatic heterocycles. The van der Waals surface area contributed by atoms with Gasteiger partial charge in [-0.25, -0.2) is 23.9 Å². The maximum atomic E-state index is 14.5. The Kier molecular flexibility index (Phi) is 9.44. The molecule has 2 heterocycles. The number of carbonyl (C=O) groups is 2. The van der Waals surface area contributed by atoms with Crippen molar-refractivity contribution in [3.63, 3.8) is 0 Å². The highest BCUT2D eigenvalue weighted by atomic mass is 19.4. The highest BCUT2D eigenvalue weighted by Crippen LogP contribution is 2.33. The third kappa shape index (κ3) is 8.16. The lowest BCUT2D eigenvalue weighted by Gasteiger charge is -2.32. The van der Waals surface area contributed by atoms with E-state index in [1.807, 2.05) is 0 Å². The Balaban J connectivity index is 1.82. The zero-order valence-electron chi connectivity index (χ0n) is 23.0. The maximum Gasteiger partial charge on any atom is 0.419 e. The van der Waals surface area contributed by atoms with Crippen molar-refractivity contribution in [3.8, 4) is 0 Å². The summed E-state index contributed by atoms with van der Waals surface area (Å²) >= 11 is 0. The average molecular weight is 571 g/mol. The number of amides is 3. The van der Waals surface area contributed by atoms with Crippen molar-refractivity contribution in [1.82, 2.24) is 25.1 Å². The lowest BCUT2D eigenvalue weighted by atomic mass is 10.0. The van der Waals surface area contributed by atoms with Gasteiger partial charge in [0.05, 0.1) is 30.5 Å². The fraction of sp³-hybridized carbons (Fsp3) is 0.538. The molecule has 1 aromatic heterocycles. The van der Waals surface area contributed by atoms with Crippen molar-refractivity contribution in [2.45, 2.75) is 64.5 Å². The van der Waals surface area contributed by atoms with Gasteiger partial charge in [0, 0.05) is 32.4 Å². The SMILES string of the molecule is C[C@@H](CO)Nc1ncc2c(n1)CN(C(=O)N[C@H](CN(C)C(=O)OC(C)(C)C)c1ccc(C(F)(F)F)c(F)c1)CC2. The molecule has 0 aliphatic carbocycles. The summed E-state index contributed by atoms with van der Waals surface area (Å²) in [6, 6.07) is 0.455. The minimum Gasteiger partial charge on any atom is -0.444 e. The molecule has 14 heteroatoms. The summed E-state index contributed by atoms with van der Waals surface area (Å²) in [6.07, 6.45) is -3.51. The van der Waals surface area contributed by atoms with Crippen LogP contribution in [0.5, 0.6) is 0 Å². The largest absolute Gasteiger partial charge is 0.444 e. The second-order valence-corrected chi connectivity index (χ2v) is 10.7. The second-order valence-electron chi connectivity index (χ2n) is 10.7. The van der Waals surface area contributed by atoms with Crippen molar-refractivity contribution >= 4 is 18.1 Å². The molecule has 3 rings (SSSR count). The van der Waals surface area contributed by atoms with Crippen molar-refractivity contribution < 1.29 is 37.0 Å². The summed E-state index contributed by atoms with van der Waals surface area (Å²) in [7, 11) is 1.41. The van der Waals surface area contributed by atoms with Gasteiger partial charge in [0.15, 0.2) is 0 Å². The van der Waals surface area contributed by atoms with Crippen LogP contribution in [0.2, 0.25) is 0 Å². The van der Waals surface area contributed by atoms with E-state index < -0.39 is 41.3 Å². The molecule has 0 fully saturated rings. The molecule has 2 atom stereocenters. The van der Waals surface area contributed by atoms with Crippen molar-refractivity contribution in [2.75, 3.05) is 32.1 Å². The summed E-state index contributed by atoms with van der Waals surface area (Å²) in [6.45, 7) is 6.86. The first-order valence-electron chi connectivity index (χ1n) is 12.7. The molecule has 1 aromatic carbocycles. The highest BCUT2D eigenvalue weighted by molar-refractivity contribution is 5.75. The number of benzene rings is 1. The number of aliphatic hydroxyl groups is 1. The van der Waals surface area contributed by atoms with E-state index in [0.29, 0.717) is 36.7 Å². The van der Waals surface area contributed by atoms with E-state index in [4.69, 9.17) is 4.74 Å². The number of rotatable bonds is 7. The predicted octanol–water partition coefficient (Wildman–Crippen LogP) is 4.10. The van der Waals surface area contributed by atoms with Crippen LogP contribution in [0, 0.1) is 5.82 Å².